The Bertz CT molecular complexity index is 462. The second-order valence-corrected chi connectivity index (χ2v) is 7.46. The molecular weight excluding hydrogens is 285 g/mol. The first-order chi connectivity index (χ1) is 9.93. The van der Waals surface area contributed by atoms with Crippen LogP contribution in [0, 0.1) is 17.2 Å². The summed E-state index contributed by atoms with van der Waals surface area (Å²) in [5.74, 6) is 0.353. The molecule has 0 aliphatic heterocycles. The number of halogens is 2. The van der Waals surface area contributed by atoms with Gasteiger partial charge in [0, 0.05) is 6.04 Å². The Morgan fingerprint density at radius 3 is 2.62 bits per heavy atom. The molecule has 1 aliphatic rings. The van der Waals surface area contributed by atoms with Crippen molar-refractivity contribution >= 4 is 11.6 Å². The molecule has 1 atom stereocenters. The molecule has 1 aliphatic carbocycles. The van der Waals surface area contributed by atoms with Gasteiger partial charge in [-0.05, 0) is 61.6 Å². The lowest BCUT2D eigenvalue weighted by molar-refractivity contribution is 0.161. The molecular formula is C18H27ClFN. The molecule has 0 heterocycles. The van der Waals surface area contributed by atoms with E-state index in [1.54, 1.807) is 6.07 Å². The van der Waals surface area contributed by atoms with Gasteiger partial charge in [-0.15, -0.1) is 0 Å². The molecule has 1 nitrogen and oxygen atoms in total. The summed E-state index contributed by atoms with van der Waals surface area (Å²) < 4.78 is 13.6. The van der Waals surface area contributed by atoms with Gasteiger partial charge in [-0.3, -0.25) is 0 Å². The van der Waals surface area contributed by atoms with Gasteiger partial charge in [-0.2, -0.15) is 0 Å². The van der Waals surface area contributed by atoms with Gasteiger partial charge >= 0.3 is 0 Å². The lowest BCUT2D eigenvalue weighted by Crippen LogP contribution is -2.40. The summed E-state index contributed by atoms with van der Waals surface area (Å²) >= 11 is 6.12. The number of hydrogen-bond donors (Lipinski definition) is 1. The second kappa shape index (κ2) is 7.11. The summed E-state index contributed by atoms with van der Waals surface area (Å²) in [6.07, 6.45) is 5.86. The van der Waals surface area contributed by atoms with E-state index in [-0.39, 0.29) is 10.8 Å². The van der Waals surface area contributed by atoms with Crippen LogP contribution in [0.15, 0.2) is 18.2 Å². The van der Waals surface area contributed by atoms with Crippen molar-refractivity contribution in [3.05, 3.63) is 34.6 Å². The number of rotatable bonds is 5. The van der Waals surface area contributed by atoms with E-state index in [0.29, 0.717) is 17.4 Å². The fourth-order valence-electron chi connectivity index (χ4n) is 3.43. The smallest absolute Gasteiger partial charge is 0.142 e. The quantitative estimate of drug-likeness (QED) is 0.786. The summed E-state index contributed by atoms with van der Waals surface area (Å²) in [6.45, 7) is 7.79. The van der Waals surface area contributed by atoms with Crippen LogP contribution in [-0.2, 0) is 6.42 Å². The molecule has 0 spiro atoms. The van der Waals surface area contributed by atoms with Crippen LogP contribution in [0.5, 0.6) is 0 Å². The van der Waals surface area contributed by atoms with E-state index >= 15 is 0 Å². The Morgan fingerprint density at radius 2 is 2.00 bits per heavy atom. The van der Waals surface area contributed by atoms with Crippen LogP contribution in [0.2, 0.25) is 5.02 Å². The fraction of sp³-hybridized carbons (Fsp3) is 0.667. The molecule has 0 amide bonds. The molecule has 1 unspecified atom stereocenters. The molecule has 0 saturated heterocycles. The van der Waals surface area contributed by atoms with Gasteiger partial charge in [0.05, 0.1) is 5.02 Å². The lowest BCUT2D eigenvalue weighted by atomic mass is 9.70. The minimum absolute atomic E-state index is 0.288. The highest BCUT2D eigenvalue weighted by atomic mass is 35.5. The Balaban J connectivity index is 2.07. The van der Waals surface area contributed by atoms with E-state index in [2.05, 4.69) is 26.1 Å². The number of likely N-dealkylation sites (N-methyl/N-ethyl adjacent to an activating group) is 1. The summed E-state index contributed by atoms with van der Waals surface area (Å²) in [6, 6.07) is 5.52. The number of benzene rings is 1. The molecule has 21 heavy (non-hydrogen) atoms. The maximum atomic E-state index is 13.6. The van der Waals surface area contributed by atoms with Crippen molar-refractivity contribution in [2.75, 3.05) is 6.54 Å². The monoisotopic (exact) mass is 311 g/mol. The minimum atomic E-state index is -0.311. The molecule has 1 aromatic rings. The Labute approximate surface area is 133 Å². The van der Waals surface area contributed by atoms with Crippen molar-refractivity contribution < 1.29 is 4.39 Å². The van der Waals surface area contributed by atoms with Crippen LogP contribution >= 0.6 is 11.6 Å². The Hall–Kier alpha value is -0.600. The van der Waals surface area contributed by atoms with Crippen LogP contribution in [0.4, 0.5) is 4.39 Å². The summed E-state index contributed by atoms with van der Waals surface area (Å²) in [4.78, 5) is 0. The number of hydrogen-bond acceptors (Lipinski definition) is 1. The molecule has 0 bridgehead atoms. The van der Waals surface area contributed by atoms with Gasteiger partial charge in [0.25, 0.3) is 0 Å². The minimum Gasteiger partial charge on any atom is -0.314 e. The molecule has 3 heteroatoms. The van der Waals surface area contributed by atoms with Crippen molar-refractivity contribution in [2.45, 2.75) is 58.9 Å². The predicted octanol–water partition coefficient (Wildman–Crippen LogP) is 5.22. The molecule has 0 radical (unpaired) electrons. The molecule has 1 aromatic carbocycles. The van der Waals surface area contributed by atoms with Gasteiger partial charge in [0.15, 0.2) is 0 Å². The van der Waals surface area contributed by atoms with Crippen molar-refractivity contribution in [1.82, 2.24) is 5.32 Å². The fourth-order valence-corrected chi connectivity index (χ4v) is 3.64. The third-order valence-electron chi connectivity index (χ3n) is 4.89. The zero-order chi connectivity index (χ0) is 15.5. The highest BCUT2D eigenvalue weighted by molar-refractivity contribution is 6.31. The van der Waals surface area contributed by atoms with Gasteiger partial charge in [0.1, 0.15) is 5.82 Å². The molecule has 2 rings (SSSR count). The van der Waals surface area contributed by atoms with Crippen molar-refractivity contribution in [1.29, 1.82) is 0 Å². The largest absolute Gasteiger partial charge is 0.314 e. The summed E-state index contributed by atoms with van der Waals surface area (Å²) in [5.41, 5.74) is 1.40. The SMILES string of the molecule is CCNC(Cc1cccc(F)c1Cl)C1CCC(C)(C)CC1. The van der Waals surface area contributed by atoms with Crippen molar-refractivity contribution in [3.63, 3.8) is 0 Å². The first-order valence-corrected chi connectivity index (χ1v) is 8.47. The van der Waals surface area contributed by atoms with E-state index < -0.39 is 0 Å². The topological polar surface area (TPSA) is 12.0 Å². The summed E-state index contributed by atoms with van der Waals surface area (Å²) in [7, 11) is 0. The first-order valence-electron chi connectivity index (χ1n) is 8.09. The van der Waals surface area contributed by atoms with Crippen molar-refractivity contribution in [2.24, 2.45) is 11.3 Å². The van der Waals surface area contributed by atoms with E-state index in [4.69, 9.17) is 11.6 Å². The van der Waals surface area contributed by atoms with Gasteiger partial charge < -0.3 is 5.32 Å². The normalized spacial score (nSPS) is 20.4. The Kier molecular flexibility index (Phi) is 5.67. The van der Waals surface area contributed by atoms with Gasteiger partial charge in [-0.1, -0.05) is 44.5 Å². The van der Waals surface area contributed by atoms with Crippen molar-refractivity contribution in [3.8, 4) is 0 Å². The average Bonchev–Trinajstić information content (AvgIpc) is 2.43. The maximum absolute atomic E-state index is 13.6. The van der Waals surface area contributed by atoms with Crippen LogP contribution in [-0.4, -0.2) is 12.6 Å². The van der Waals surface area contributed by atoms with E-state index in [9.17, 15) is 4.39 Å². The van der Waals surface area contributed by atoms with E-state index in [1.807, 2.05) is 6.07 Å². The van der Waals surface area contributed by atoms with Crippen LogP contribution < -0.4 is 5.32 Å². The highest BCUT2D eigenvalue weighted by Crippen LogP contribution is 2.40. The third-order valence-corrected chi connectivity index (χ3v) is 5.31. The second-order valence-electron chi connectivity index (χ2n) is 7.08. The molecule has 0 aromatic heterocycles. The van der Waals surface area contributed by atoms with E-state index in [0.717, 1.165) is 18.5 Å². The first kappa shape index (κ1) is 16.8. The average molecular weight is 312 g/mol. The zero-order valence-electron chi connectivity index (χ0n) is 13.4. The standard InChI is InChI=1S/C18H27ClFN/c1-4-21-16(13-8-10-18(2,3)11-9-13)12-14-6-5-7-15(20)17(14)19/h5-7,13,16,21H,4,8-12H2,1-3H3. The summed E-state index contributed by atoms with van der Waals surface area (Å²) in [5, 5.41) is 3.88. The number of nitrogens with one attached hydrogen (secondary N) is 1. The molecule has 1 saturated carbocycles. The highest BCUT2D eigenvalue weighted by Gasteiger charge is 2.31. The molecule has 1 N–H and O–H groups in total. The Morgan fingerprint density at radius 1 is 1.33 bits per heavy atom. The van der Waals surface area contributed by atoms with Gasteiger partial charge in [-0.25, -0.2) is 4.39 Å². The predicted molar refractivity (Wildman–Crippen MR) is 88.3 cm³/mol. The van der Waals surface area contributed by atoms with E-state index in [1.165, 1.54) is 31.7 Å². The third kappa shape index (κ3) is 4.43. The van der Waals surface area contributed by atoms with Crippen LogP contribution in [0.1, 0.15) is 52.0 Å². The molecule has 118 valence electrons. The van der Waals surface area contributed by atoms with Crippen LogP contribution in [0.25, 0.3) is 0 Å². The molecule has 1 fully saturated rings. The van der Waals surface area contributed by atoms with Crippen LogP contribution in [0.3, 0.4) is 0 Å². The lowest BCUT2D eigenvalue weighted by Gasteiger charge is -2.38. The maximum Gasteiger partial charge on any atom is 0.142 e. The van der Waals surface area contributed by atoms with Gasteiger partial charge in [0.2, 0.25) is 0 Å². The zero-order valence-corrected chi connectivity index (χ0v) is 14.1.